The highest BCUT2D eigenvalue weighted by atomic mass is 16.3. The minimum Gasteiger partial charge on any atom is -0.507 e. The Morgan fingerprint density at radius 2 is 1.80 bits per heavy atom. The van der Waals surface area contributed by atoms with Crippen LogP contribution in [0.25, 0.3) is 11.1 Å². The molecule has 2 fully saturated rings. The van der Waals surface area contributed by atoms with Crippen LogP contribution in [0.5, 0.6) is 5.75 Å². The molecule has 2 saturated carbocycles. The smallest absolute Gasteiger partial charge is 0.235 e. The number of hydrogen-bond donors (Lipinski definition) is 4. The van der Waals surface area contributed by atoms with E-state index in [0.717, 1.165) is 0 Å². The second-order valence-electron chi connectivity index (χ2n) is 10.9. The average Bonchev–Trinajstić information content (AvgIpc) is 2.86. The molecule has 3 aliphatic rings. The number of Topliss-reactive ketones (excluding diaryl/α,β-unsaturated/α-hetero) is 4. The lowest BCUT2D eigenvalue weighted by Gasteiger charge is -2.52. The van der Waals surface area contributed by atoms with E-state index in [1.165, 1.54) is 38.2 Å². The number of rotatable bonds is 4. The van der Waals surface area contributed by atoms with E-state index in [9.17, 15) is 39.0 Å². The van der Waals surface area contributed by atoms with Crippen LogP contribution in [0.3, 0.4) is 0 Å². The first-order valence-electron chi connectivity index (χ1n) is 12.7. The highest BCUT2D eigenvalue weighted by molar-refractivity contribution is 6.32. The van der Waals surface area contributed by atoms with Gasteiger partial charge in [0.25, 0.3) is 0 Å². The summed E-state index contributed by atoms with van der Waals surface area (Å²) >= 11 is 0. The molecule has 2 aromatic rings. The predicted molar refractivity (Wildman–Crippen MR) is 139 cm³/mol. The van der Waals surface area contributed by atoms with Gasteiger partial charge in [0.1, 0.15) is 11.6 Å². The largest absolute Gasteiger partial charge is 0.507 e. The van der Waals surface area contributed by atoms with Gasteiger partial charge in [-0.15, -0.1) is 0 Å². The Hall–Kier alpha value is -4.29. The van der Waals surface area contributed by atoms with E-state index >= 15 is 0 Å². The van der Waals surface area contributed by atoms with Crippen LogP contribution in [-0.4, -0.2) is 80.8 Å². The summed E-state index contributed by atoms with van der Waals surface area (Å²) in [7, 11) is 3.06. The number of phenolic OH excluding ortho intramolecular Hbond substituents is 1. The molecule has 0 bridgehead atoms. The van der Waals surface area contributed by atoms with Crippen molar-refractivity contribution in [1.29, 1.82) is 0 Å². The second kappa shape index (κ2) is 9.42. The van der Waals surface area contributed by atoms with E-state index in [0.29, 0.717) is 22.5 Å². The fraction of sp³-hybridized carbons (Fsp3) is 0.393. The summed E-state index contributed by atoms with van der Waals surface area (Å²) in [4.78, 5) is 83.3. The van der Waals surface area contributed by atoms with Gasteiger partial charge < -0.3 is 21.3 Å². The van der Waals surface area contributed by atoms with Crippen molar-refractivity contribution in [3.05, 3.63) is 41.6 Å². The maximum Gasteiger partial charge on any atom is 0.235 e. The molecular weight excluding hydrogens is 520 g/mol. The van der Waals surface area contributed by atoms with Crippen molar-refractivity contribution in [1.82, 2.24) is 9.88 Å². The van der Waals surface area contributed by atoms with Gasteiger partial charge in [-0.1, -0.05) is 6.07 Å². The first-order valence-corrected chi connectivity index (χ1v) is 12.7. The molecule has 5 rings (SSSR count). The molecule has 12 heteroatoms. The van der Waals surface area contributed by atoms with Crippen molar-refractivity contribution in [2.45, 2.75) is 31.4 Å². The number of aliphatic hydroxyl groups is 1. The molecule has 40 heavy (non-hydrogen) atoms. The summed E-state index contributed by atoms with van der Waals surface area (Å²) in [6.45, 7) is 1.35. The van der Waals surface area contributed by atoms with Crippen LogP contribution in [-0.2, 0) is 30.4 Å². The number of hydrogen-bond acceptors (Lipinski definition) is 10. The van der Waals surface area contributed by atoms with Crippen LogP contribution in [0.4, 0.5) is 5.82 Å². The maximum atomic E-state index is 13.9. The molecule has 0 aliphatic heterocycles. The van der Waals surface area contributed by atoms with Gasteiger partial charge in [-0.3, -0.25) is 33.7 Å². The highest BCUT2D eigenvalue weighted by Gasteiger charge is 2.69. The van der Waals surface area contributed by atoms with Gasteiger partial charge >= 0.3 is 0 Å². The topological polar surface area (TPSA) is 197 Å². The third-order valence-corrected chi connectivity index (χ3v) is 8.32. The lowest BCUT2D eigenvalue weighted by molar-refractivity contribution is -0.181. The number of nitrogens with one attached hydrogen (secondary N) is 1. The minimum absolute atomic E-state index is 0.0429. The monoisotopic (exact) mass is 548 g/mol. The molecule has 0 spiro atoms. The number of phenols is 1. The molecule has 1 heterocycles. The average molecular weight is 549 g/mol. The Kier molecular flexibility index (Phi) is 6.42. The summed E-state index contributed by atoms with van der Waals surface area (Å²) in [6, 6.07) is 5.04. The van der Waals surface area contributed by atoms with Crippen molar-refractivity contribution >= 4 is 40.8 Å². The number of likely N-dealkylation sites (N-methyl/N-ethyl adjacent to an activating group) is 1. The molecule has 208 valence electrons. The molecule has 1 aromatic carbocycles. The van der Waals surface area contributed by atoms with Gasteiger partial charge in [-0.05, 0) is 62.2 Å². The number of fused-ring (bicyclic) bond motifs is 3. The standard InChI is InChI=1S/C28H28N4O8/c1-11(33)31-18-7-4-12(10-30-18)14-5-6-17(34)20-15(14)8-13-9-16-22(32(2)3)24(36)21(27(29)39)26(38)28(16,40)25(37)19(13)23(20)35/h4-7,10,13,16,19,21-22,34,40H,8-9H2,1-3H3,(H2,29,39)(H,30,31,33). The number of anilines is 1. The summed E-state index contributed by atoms with van der Waals surface area (Å²) in [5.41, 5.74) is 4.09. The molecule has 1 aromatic heterocycles. The first kappa shape index (κ1) is 27.3. The third kappa shape index (κ3) is 3.86. The van der Waals surface area contributed by atoms with Crippen molar-refractivity contribution in [3.63, 3.8) is 0 Å². The van der Waals surface area contributed by atoms with Crippen LogP contribution in [0.2, 0.25) is 0 Å². The molecule has 0 radical (unpaired) electrons. The predicted octanol–water partition coefficient (Wildman–Crippen LogP) is -0.113. The fourth-order valence-corrected chi connectivity index (χ4v) is 6.68. The van der Waals surface area contributed by atoms with Crippen LogP contribution < -0.4 is 11.1 Å². The zero-order chi connectivity index (χ0) is 29.3. The number of carbonyl (C=O) groups excluding carboxylic acids is 6. The molecule has 3 aliphatic carbocycles. The van der Waals surface area contributed by atoms with Gasteiger partial charge in [0.05, 0.1) is 17.5 Å². The van der Waals surface area contributed by atoms with Gasteiger partial charge in [0.15, 0.2) is 34.7 Å². The normalized spacial score (nSPS) is 29.5. The van der Waals surface area contributed by atoms with Crippen molar-refractivity contribution in [3.8, 4) is 16.9 Å². The van der Waals surface area contributed by atoms with Crippen molar-refractivity contribution in [2.75, 3.05) is 19.4 Å². The van der Waals surface area contributed by atoms with E-state index in [4.69, 9.17) is 5.73 Å². The van der Waals surface area contributed by atoms with Crippen molar-refractivity contribution in [2.24, 2.45) is 29.4 Å². The second-order valence-corrected chi connectivity index (χ2v) is 10.9. The van der Waals surface area contributed by atoms with Crippen LogP contribution >= 0.6 is 0 Å². The number of aromatic hydroxyl groups is 1. The zero-order valence-electron chi connectivity index (χ0n) is 22.0. The molecule has 2 amide bonds. The Labute approximate surface area is 228 Å². The van der Waals surface area contributed by atoms with Gasteiger partial charge in [0, 0.05) is 24.6 Å². The van der Waals surface area contributed by atoms with Crippen molar-refractivity contribution < 1.29 is 39.0 Å². The van der Waals surface area contributed by atoms with Crippen LogP contribution in [0.15, 0.2) is 30.5 Å². The minimum atomic E-state index is -2.77. The number of amides is 2. The maximum absolute atomic E-state index is 13.9. The van der Waals surface area contributed by atoms with E-state index < -0.39 is 64.4 Å². The number of carbonyl (C=O) groups is 6. The Morgan fingerprint density at radius 1 is 1.10 bits per heavy atom. The van der Waals surface area contributed by atoms with E-state index in [1.807, 2.05) is 0 Å². The van der Waals surface area contributed by atoms with E-state index in [2.05, 4.69) is 10.3 Å². The number of aromatic nitrogens is 1. The third-order valence-electron chi connectivity index (χ3n) is 8.32. The fourth-order valence-electron chi connectivity index (χ4n) is 6.68. The van der Waals surface area contributed by atoms with Crippen LogP contribution in [0.1, 0.15) is 29.3 Å². The van der Waals surface area contributed by atoms with Gasteiger partial charge in [-0.25, -0.2) is 4.98 Å². The molecule has 6 unspecified atom stereocenters. The summed E-state index contributed by atoms with van der Waals surface area (Å²) in [5.74, 6) is -10.9. The van der Waals surface area contributed by atoms with Gasteiger partial charge in [-0.2, -0.15) is 0 Å². The molecule has 5 N–H and O–H groups in total. The summed E-state index contributed by atoms with van der Waals surface area (Å²) in [5, 5.41) is 24.9. The van der Waals surface area contributed by atoms with Crippen LogP contribution in [0, 0.1) is 23.7 Å². The first-order chi connectivity index (χ1) is 18.8. The number of nitrogens with two attached hydrogens (primary N) is 1. The highest BCUT2D eigenvalue weighted by Crippen LogP contribution is 2.51. The quantitative estimate of drug-likeness (QED) is 0.374. The summed E-state index contributed by atoms with van der Waals surface area (Å²) < 4.78 is 0. The number of pyridine rings is 1. The molecule has 12 nitrogen and oxygen atoms in total. The van der Waals surface area contributed by atoms with Gasteiger partial charge in [0.2, 0.25) is 11.8 Å². The number of ketones is 4. The molecular formula is C28H28N4O8. The number of nitrogens with zero attached hydrogens (tertiary/aromatic N) is 2. The number of benzene rings is 1. The SMILES string of the molecule is CC(=O)Nc1ccc(-c2ccc(O)c3c2CC2CC4C(N(C)C)C(=O)C(C(N)=O)C(=O)C4(O)C(=O)C2C3=O)cn1. The molecule has 0 saturated heterocycles. The zero-order valence-corrected chi connectivity index (χ0v) is 22.0. The lowest BCUT2D eigenvalue weighted by atomic mass is 9.52. The van der Waals surface area contributed by atoms with E-state index in [-0.39, 0.29) is 30.1 Å². The number of primary amides is 1. The Balaban J connectivity index is 1.61. The Bertz CT molecular complexity index is 1500. The lowest BCUT2D eigenvalue weighted by Crippen LogP contribution is -2.74. The summed E-state index contributed by atoms with van der Waals surface area (Å²) in [6.07, 6.45) is 1.59. The van der Waals surface area contributed by atoms with E-state index in [1.54, 1.807) is 18.2 Å². The molecule has 6 atom stereocenters. The Morgan fingerprint density at radius 3 is 2.38 bits per heavy atom.